The lowest BCUT2D eigenvalue weighted by Crippen LogP contribution is -2.23. The summed E-state index contributed by atoms with van der Waals surface area (Å²) in [6.45, 7) is 2.66. The van der Waals surface area contributed by atoms with Crippen LogP contribution in [0.2, 0.25) is 0 Å². The summed E-state index contributed by atoms with van der Waals surface area (Å²) in [4.78, 5) is 2.23. The lowest BCUT2D eigenvalue weighted by Gasteiger charge is -2.20. The highest BCUT2D eigenvalue weighted by molar-refractivity contribution is 5.18. The molecule has 1 aliphatic heterocycles. The van der Waals surface area contributed by atoms with Gasteiger partial charge < -0.3 is 4.74 Å². The zero-order valence-corrected chi connectivity index (χ0v) is 13.8. The van der Waals surface area contributed by atoms with Crippen LogP contribution in [0.1, 0.15) is 23.0 Å². The van der Waals surface area contributed by atoms with E-state index in [1.165, 1.54) is 11.6 Å². The second-order valence-electron chi connectivity index (χ2n) is 6.11. The standard InChI is InChI=1S/C19H19FN4O/c20-17-9-5-4-8-16(17)13-24-14-18(21-22-24)19-23(10-11-25-19)12-15-6-2-1-3-7-15/h1-9,14,19H,10-13H2. The predicted molar refractivity (Wildman–Crippen MR) is 91.1 cm³/mol. The van der Waals surface area contributed by atoms with Crippen LogP contribution in [0.15, 0.2) is 60.8 Å². The van der Waals surface area contributed by atoms with Crippen LogP contribution in [0.25, 0.3) is 0 Å². The van der Waals surface area contributed by atoms with Gasteiger partial charge >= 0.3 is 0 Å². The fourth-order valence-corrected chi connectivity index (χ4v) is 3.06. The summed E-state index contributed by atoms with van der Waals surface area (Å²) in [5.41, 5.74) is 2.58. The Bertz CT molecular complexity index is 836. The molecule has 2 heterocycles. The van der Waals surface area contributed by atoms with Gasteiger partial charge in [0.1, 0.15) is 11.5 Å². The fraction of sp³-hybridized carbons (Fsp3) is 0.263. The Morgan fingerprint density at radius 1 is 1.04 bits per heavy atom. The Balaban J connectivity index is 1.48. The molecule has 0 bridgehead atoms. The summed E-state index contributed by atoms with van der Waals surface area (Å²) < 4.78 is 21.3. The number of aromatic nitrogens is 3. The molecule has 25 heavy (non-hydrogen) atoms. The lowest BCUT2D eigenvalue weighted by molar-refractivity contribution is 0.0252. The van der Waals surface area contributed by atoms with E-state index in [4.69, 9.17) is 4.74 Å². The molecule has 1 fully saturated rings. The van der Waals surface area contributed by atoms with Crippen LogP contribution in [0.4, 0.5) is 4.39 Å². The van der Waals surface area contributed by atoms with E-state index in [1.807, 2.05) is 30.5 Å². The summed E-state index contributed by atoms with van der Waals surface area (Å²) in [5, 5.41) is 8.37. The molecular weight excluding hydrogens is 319 g/mol. The third kappa shape index (κ3) is 3.60. The molecule has 4 rings (SSSR count). The molecule has 1 saturated heterocycles. The van der Waals surface area contributed by atoms with E-state index in [0.29, 0.717) is 18.7 Å². The molecule has 2 aromatic carbocycles. The van der Waals surface area contributed by atoms with Gasteiger partial charge in [-0.2, -0.15) is 0 Å². The smallest absolute Gasteiger partial charge is 0.157 e. The van der Waals surface area contributed by atoms with Crippen LogP contribution in [0.5, 0.6) is 0 Å². The van der Waals surface area contributed by atoms with Crippen LogP contribution in [0.3, 0.4) is 0 Å². The largest absolute Gasteiger partial charge is 0.356 e. The predicted octanol–water partition coefficient (Wildman–Crippen LogP) is 3.00. The van der Waals surface area contributed by atoms with Gasteiger partial charge in [0.15, 0.2) is 6.23 Å². The van der Waals surface area contributed by atoms with E-state index in [-0.39, 0.29) is 12.0 Å². The molecule has 0 amide bonds. The first-order chi connectivity index (χ1) is 12.3. The van der Waals surface area contributed by atoms with E-state index in [9.17, 15) is 4.39 Å². The number of rotatable bonds is 5. The average molecular weight is 338 g/mol. The molecule has 5 nitrogen and oxygen atoms in total. The third-order valence-electron chi connectivity index (χ3n) is 4.31. The first kappa shape index (κ1) is 15.9. The molecule has 1 aromatic heterocycles. The summed E-state index contributed by atoms with van der Waals surface area (Å²) in [6, 6.07) is 17.0. The first-order valence-corrected chi connectivity index (χ1v) is 8.32. The number of nitrogens with zero attached hydrogens (tertiary/aromatic N) is 4. The maximum Gasteiger partial charge on any atom is 0.157 e. The van der Waals surface area contributed by atoms with Gasteiger partial charge in [-0.25, -0.2) is 9.07 Å². The van der Waals surface area contributed by atoms with Crippen LogP contribution in [-0.4, -0.2) is 33.0 Å². The number of ether oxygens (including phenoxy) is 1. The van der Waals surface area contributed by atoms with Gasteiger partial charge in [-0.1, -0.05) is 53.7 Å². The molecule has 1 aliphatic rings. The zero-order chi connectivity index (χ0) is 17.1. The van der Waals surface area contributed by atoms with Gasteiger partial charge in [-0.05, 0) is 11.6 Å². The average Bonchev–Trinajstić information content (AvgIpc) is 3.27. The molecule has 3 aromatic rings. The lowest BCUT2D eigenvalue weighted by atomic mass is 10.2. The van der Waals surface area contributed by atoms with Gasteiger partial charge in [0, 0.05) is 18.7 Å². The Hall–Kier alpha value is -2.57. The Morgan fingerprint density at radius 3 is 2.68 bits per heavy atom. The van der Waals surface area contributed by atoms with Crippen molar-refractivity contribution in [2.24, 2.45) is 0 Å². The van der Waals surface area contributed by atoms with Crippen molar-refractivity contribution in [2.75, 3.05) is 13.2 Å². The highest BCUT2D eigenvalue weighted by Crippen LogP contribution is 2.27. The molecule has 0 radical (unpaired) electrons. The SMILES string of the molecule is Fc1ccccc1Cn1cc(C2OCCN2Cc2ccccc2)nn1. The normalized spacial score (nSPS) is 17.9. The van der Waals surface area contributed by atoms with Crippen molar-refractivity contribution < 1.29 is 9.13 Å². The van der Waals surface area contributed by atoms with Crippen LogP contribution in [-0.2, 0) is 17.8 Å². The van der Waals surface area contributed by atoms with Crippen LogP contribution < -0.4 is 0 Å². The van der Waals surface area contributed by atoms with Crippen molar-refractivity contribution in [2.45, 2.75) is 19.3 Å². The van der Waals surface area contributed by atoms with Crippen molar-refractivity contribution in [1.29, 1.82) is 0 Å². The topological polar surface area (TPSA) is 43.2 Å². The molecule has 0 spiro atoms. The molecule has 0 saturated carbocycles. The molecule has 0 aliphatic carbocycles. The molecule has 1 atom stereocenters. The van der Waals surface area contributed by atoms with Gasteiger partial charge in [-0.15, -0.1) is 5.10 Å². The van der Waals surface area contributed by atoms with Crippen molar-refractivity contribution >= 4 is 0 Å². The summed E-state index contributed by atoms with van der Waals surface area (Å²) >= 11 is 0. The number of halogens is 1. The minimum atomic E-state index is -0.234. The van der Waals surface area contributed by atoms with Gasteiger partial charge in [0.2, 0.25) is 0 Å². The zero-order valence-electron chi connectivity index (χ0n) is 13.8. The minimum absolute atomic E-state index is 0.213. The Morgan fingerprint density at radius 2 is 1.84 bits per heavy atom. The minimum Gasteiger partial charge on any atom is -0.356 e. The summed E-state index contributed by atoms with van der Waals surface area (Å²) in [7, 11) is 0. The molecular formula is C19H19FN4O. The van der Waals surface area contributed by atoms with E-state index in [0.717, 1.165) is 18.8 Å². The maximum absolute atomic E-state index is 13.8. The monoisotopic (exact) mass is 338 g/mol. The van der Waals surface area contributed by atoms with Crippen molar-refractivity contribution in [3.8, 4) is 0 Å². The van der Waals surface area contributed by atoms with Crippen LogP contribution in [0, 0.1) is 5.82 Å². The fourth-order valence-electron chi connectivity index (χ4n) is 3.06. The first-order valence-electron chi connectivity index (χ1n) is 8.32. The molecule has 1 unspecified atom stereocenters. The summed E-state index contributed by atoms with van der Waals surface area (Å²) in [5.74, 6) is -0.234. The molecule has 6 heteroatoms. The quantitative estimate of drug-likeness (QED) is 0.717. The number of benzene rings is 2. The highest BCUT2D eigenvalue weighted by Gasteiger charge is 2.29. The van der Waals surface area contributed by atoms with Gasteiger partial charge in [0.25, 0.3) is 0 Å². The number of hydrogen-bond acceptors (Lipinski definition) is 4. The highest BCUT2D eigenvalue weighted by atomic mass is 19.1. The second-order valence-corrected chi connectivity index (χ2v) is 6.11. The maximum atomic E-state index is 13.8. The number of hydrogen-bond donors (Lipinski definition) is 0. The van der Waals surface area contributed by atoms with Gasteiger partial charge in [0.05, 0.1) is 19.3 Å². The van der Waals surface area contributed by atoms with Crippen molar-refractivity contribution in [3.05, 3.63) is 83.4 Å². The summed E-state index contributed by atoms with van der Waals surface area (Å²) in [6.07, 6.45) is 1.62. The molecule has 128 valence electrons. The Kier molecular flexibility index (Phi) is 4.54. The second kappa shape index (κ2) is 7.13. The van der Waals surface area contributed by atoms with E-state index >= 15 is 0 Å². The van der Waals surface area contributed by atoms with Crippen molar-refractivity contribution in [1.82, 2.24) is 19.9 Å². The molecule has 0 N–H and O–H groups in total. The Labute approximate surface area is 145 Å². The van der Waals surface area contributed by atoms with E-state index in [2.05, 4.69) is 27.3 Å². The van der Waals surface area contributed by atoms with Gasteiger partial charge in [-0.3, -0.25) is 4.90 Å². The van der Waals surface area contributed by atoms with E-state index < -0.39 is 0 Å². The van der Waals surface area contributed by atoms with Crippen LogP contribution >= 0.6 is 0 Å². The van der Waals surface area contributed by atoms with Crippen molar-refractivity contribution in [3.63, 3.8) is 0 Å². The third-order valence-corrected chi connectivity index (χ3v) is 4.31. The van der Waals surface area contributed by atoms with E-state index in [1.54, 1.807) is 16.8 Å².